The number of nitrogens with one attached hydrogen (secondary N) is 1. The zero-order valence-electron chi connectivity index (χ0n) is 15.9. The van der Waals surface area contributed by atoms with Crippen LogP contribution in [0.2, 0.25) is 0 Å². The number of nitrogens with zero attached hydrogens (tertiary/aromatic N) is 3. The van der Waals surface area contributed by atoms with Gasteiger partial charge in [-0.15, -0.1) is 0 Å². The Morgan fingerprint density at radius 3 is 2.32 bits per heavy atom. The van der Waals surface area contributed by atoms with E-state index in [0.717, 1.165) is 44.0 Å². The Bertz CT molecular complexity index is 908. The Morgan fingerprint density at radius 1 is 1.14 bits per heavy atom. The summed E-state index contributed by atoms with van der Waals surface area (Å²) in [7, 11) is -3.95. The van der Waals surface area contributed by atoms with E-state index in [1.54, 1.807) is 0 Å². The van der Waals surface area contributed by atoms with Gasteiger partial charge in [-0.25, -0.2) is 17.8 Å². The molecular weight excluding hydrogens is 390 g/mol. The highest BCUT2D eigenvalue weighted by Gasteiger charge is 2.26. The van der Waals surface area contributed by atoms with E-state index >= 15 is 0 Å². The number of hydrogen-bond acceptors (Lipinski definition) is 5. The van der Waals surface area contributed by atoms with Crippen LogP contribution in [0.1, 0.15) is 29.1 Å². The van der Waals surface area contributed by atoms with Crippen LogP contribution in [0.3, 0.4) is 0 Å². The zero-order valence-corrected chi connectivity index (χ0v) is 16.7. The Kier molecular flexibility index (Phi) is 6.43. The van der Waals surface area contributed by atoms with Crippen molar-refractivity contribution < 1.29 is 21.9 Å². The average molecular weight is 414 g/mol. The van der Waals surface area contributed by atoms with E-state index in [1.807, 2.05) is 24.3 Å². The molecule has 28 heavy (non-hydrogen) atoms. The van der Waals surface area contributed by atoms with Gasteiger partial charge in [-0.05, 0) is 25.0 Å². The first kappa shape index (κ1) is 20.8. The fourth-order valence-corrected chi connectivity index (χ4v) is 4.67. The van der Waals surface area contributed by atoms with Crippen molar-refractivity contribution in [1.82, 2.24) is 19.4 Å². The van der Waals surface area contributed by atoms with Gasteiger partial charge in [0.25, 0.3) is 0 Å². The van der Waals surface area contributed by atoms with Crippen LogP contribution in [0.4, 0.5) is 8.78 Å². The molecule has 1 aromatic carbocycles. The van der Waals surface area contributed by atoms with Crippen LogP contribution in [0, 0.1) is 13.8 Å². The van der Waals surface area contributed by atoms with E-state index in [0.29, 0.717) is 4.68 Å². The first-order valence-electron chi connectivity index (χ1n) is 8.99. The third kappa shape index (κ3) is 4.75. The summed E-state index contributed by atoms with van der Waals surface area (Å²) in [5.41, 5.74) is 1.89. The second-order valence-corrected chi connectivity index (χ2v) is 8.46. The lowest BCUT2D eigenvalue weighted by atomic mass is 10.1. The number of benzene rings is 1. The smallest absolute Gasteiger partial charge is 0.333 e. The minimum atomic E-state index is -3.95. The molecule has 154 valence electrons. The zero-order chi connectivity index (χ0) is 20.3. The summed E-state index contributed by atoms with van der Waals surface area (Å²) >= 11 is 0. The summed E-state index contributed by atoms with van der Waals surface area (Å²) in [5.74, 6) is 0. The number of aromatic nitrogens is 2. The molecule has 1 fully saturated rings. The molecule has 1 saturated heterocycles. The summed E-state index contributed by atoms with van der Waals surface area (Å²) in [6, 6.07) is 7.65. The standard InChI is InChI=1S/C18H24F2N4O3S/c1-13-17(14(2)24(22-13)18(19)20)28(25,26)21-11-15-3-5-16(6-4-15)12-23-7-9-27-10-8-23/h3-6,18,21H,7-12H2,1-2H3. The molecule has 1 N–H and O–H groups in total. The first-order chi connectivity index (χ1) is 13.3. The lowest BCUT2D eigenvalue weighted by molar-refractivity contribution is 0.0342. The van der Waals surface area contributed by atoms with E-state index in [4.69, 9.17) is 4.74 Å². The van der Waals surface area contributed by atoms with Gasteiger partial charge < -0.3 is 4.74 Å². The predicted molar refractivity (Wildman–Crippen MR) is 99.5 cm³/mol. The molecule has 0 amide bonds. The molecular formula is C18H24F2N4O3S. The highest BCUT2D eigenvalue weighted by atomic mass is 32.2. The van der Waals surface area contributed by atoms with Crippen LogP contribution in [-0.2, 0) is 27.8 Å². The minimum absolute atomic E-state index is 0.0474. The van der Waals surface area contributed by atoms with Crippen molar-refractivity contribution in [1.29, 1.82) is 0 Å². The number of aryl methyl sites for hydroxylation is 1. The second kappa shape index (κ2) is 8.64. The van der Waals surface area contributed by atoms with Gasteiger partial charge in [-0.2, -0.15) is 13.9 Å². The summed E-state index contributed by atoms with van der Waals surface area (Å²) in [4.78, 5) is 2.10. The monoisotopic (exact) mass is 414 g/mol. The number of morpholine rings is 1. The van der Waals surface area contributed by atoms with E-state index in [9.17, 15) is 17.2 Å². The third-order valence-electron chi connectivity index (χ3n) is 4.71. The fraction of sp³-hybridized carbons (Fsp3) is 0.500. The van der Waals surface area contributed by atoms with Crippen LogP contribution >= 0.6 is 0 Å². The molecule has 7 nitrogen and oxygen atoms in total. The number of ether oxygens (including phenoxy) is 1. The molecule has 0 radical (unpaired) electrons. The van der Waals surface area contributed by atoms with Crippen molar-refractivity contribution in [3.8, 4) is 0 Å². The molecule has 1 aliphatic heterocycles. The fourth-order valence-electron chi connectivity index (χ4n) is 3.26. The molecule has 10 heteroatoms. The number of halogens is 2. The molecule has 2 aromatic rings. The summed E-state index contributed by atoms with van der Waals surface area (Å²) in [6.45, 7) is 3.99. The number of sulfonamides is 1. The first-order valence-corrected chi connectivity index (χ1v) is 10.5. The van der Waals surface area contributed by atoms with Crippen LogP contribution < -0.4 is 4.72 Å². The molecule has 0 bridgehead atoms. The SMILES string of the molecule is Cc1nn(C(F)F)c(C)c1S(=O)(=O)NCc1ccc(CN2CCOCC2)cc1. The van der Waals surface area contributed by atoms with Gasteiger partial charge in [0.05, 0.1) is 24.6 Å². The molecule has 0 spiro atoms. The summed E-state index contributed by atoms with van der Waals surface area (Å²) < 4.78 is 59.3. The lowest BCUT2D eigenvalue weighted by Crippen LogP contribution is -2.35. The van der Waals surface area contributed by atoms with Gasteiger partial charge in [0.1, 0.15) is 4.90 Å². The minimum Gasteiger partial charge on any atom is -0.379 e. The Hall–Kier alpha value is -1.88. The maximum atomic E-state index is 12.9. The van der Waals surface area contributed by atoms with Crippen molar-refractivity contribution in [2.45, 2.75) is 38.4 Å². The van der Waals surface area contributed by atoms with Crippen molar-refractivity contribution in [3.63, 3.8) is 0 Å². The largest absolute Gasteiger partial charge is 0.379 e. The van der Waals surface area contributed by atoms with E-state index in [1.165, 1.54) is 13.8 Å². The quantitative estimate of drug-likeness (QED) is 0.752. The number of rotatable bonds is 7. The summed E-state index contributed by atoms with van der Waals surface area (Å²) in [6.07, 6.45) is 0. The number of hydrogen-bond donors (Lipinski definition) is 1. The third-order valence-corrected chi connectivity index (χ3v) is 6.36. The molecule has 0 aliphatic carbocycles. The van der Waals surface area contributed by atoms with Gasteiger partial charge in [-0.3, -0.25) is 4.90 Å². The predicted octanol–water partition coefficient (Wildman–Crippen LogP) is 2.21. The molecule has 1 aliphatic rings. The van der Waals surface area contributed by atoms with Crippen molar-refractivity contribution in [2.24, 2.45) is 0 Å². The van der Waals surface area contributed by atoms with Gasteiger partial charge in [-0.1, -0.05) is 24.3 Å². The van der Waals surface area contributed by atoms with E-state index in [2.05, 4.69) is 14.7 Å². The maximum absolute atomic E-state index is 12.9. The van der Waals surface area contributed by atoms with E-state index < -0.39 is 16.6 Å². The van der Waals surface area contributed by atoms with Gasteiger partial charge in [0.15, 0.2) is 0 Å². The Morgan fingerprint density at radius 2 is 1.75 bits per heavy atom. The normalized spacial score (nSPS) is 16.0. The van der Waals surface area contributed by atoms with Crippen LogP contribution in [0.5, 0.6) is 0 Å². The topological polar surface area (TPSA) is 76.5 Å². The highest BCUT2D eigenvalue weighted by Crippen LogP contribution is 2.23. The molecule has 2 heterocycles. The number of alkyl halides is 2. The Balaban J connectivity index is 1.64. The van der Waals surface area contributed by atoms with Gasteiger partial charge in [0.2, 0.25) is 10.0 Å². The second-order valence-electron chi connectivity index (χ2n) is 6.75. The maximum Gasteiger partial charge on any atom is 0.333 e. The molecule has 0 unspecified atom stereocenters. The molecule has 1 aromatic heterocycles. The molecule has 0 saturated carbocycles. The van der Waals surface area contributed by atoms with Crippen molar-refractivity contribution in [2.75, 3.05) is 26.3 Å². The molecule has 0 atom stereocenters. The lowest BCUT2D eigenvalue weighted by Gasteiger charge is -2.26. The average Bonchev–Trinajstić information content (AvgIpc) is 2.97. The van der Waals surface area contributed by atoms with Crippen LogP contribution in [0.25, 0.3) is 0 Å². The molecule has 3 rings (SSSR count). The highest BCUT2D eigenvalue weighted by molar-refractivity contribution is 7.89. The van der Waals surface area contributed by atoms with Gasteiger partial charge in [0, 0.05) is 26.2 Å². The van der Waals surface area contributed by atoms with Gasteiger partial charge >= 0.3 is 6.55 Å². The van der Waals surface area contributed by atoms with E-state index in [-0.39, 0.29) is 22.8 Å². The van der Waals surface area contributed by atoms with Crippen molar-refractivity contribution in [3.05, 3.63) is 46.8 Å². The Labute approximate surface area is 163 Å². The summed E-state index contributed by atoms with van der Waals surface area (Å²) in [5, 5.41) is 3.63. The van der Waals surface area contributed by atoms with Crippen LogP contribution in [-0.4, -0.2) is 49.4 Å². The van der Waals surface area contributed by atoms with Crippen LogP contribution in [0.15, 0.2) is 29.2 Å². The van der Waals surface area contributed by atoms with Crippen molar-refractivity contribution >= 4 is 10.0 Å².